The third-order valence-electron chi connectivity index (χ3n) is 3.22. The third-order valence-corrected chi connectivity index (χ3v) is 3.22. The summed E-state index contributed by atoms with van der Waals surface area (Å²) in [6.07, 6.45) is 5.36. The van der Waals surface area contributed by atoms with Crippen molar-refractivity contribution in [3.8, 4) is 6.01 Å². The predicted molar refractivity (Wildman–Crippen MR) is 73.2 cm³/mol. The van der Waals surface area contributed by atoms with E-state index in [1.165, 1.54) is 0 Å². The first-order chi connectivity index (χ1) is 9.29. The van der Waals surface area contributed by atoms with Gasteiger partial charge in [-0.25, -0.2) is 9.97 Å². The summed E-state index contributed by atoms with van der Waals surface area (Å²) in [6, 6.07) is 0.451. The van der Waals surface area contributed by atoms with E-state index in [0.717, 1.165) is 50.2 Å². The molecule has 0 bridgehead atoms. The van der Waals surface area contributed by atoms with E-state index in [2.05, 4.69) is 22.2 Å². The van der Waals surface area contributed by atoms with Crippen molar-refractivity contribution in [1.29, 1.82) is 0 Å². The van der Waals surface area contributed by atoms with Gasteiger partial charge in [0.15, 0.2) is 0 Å². The quantitative estimate of drug-likeness (QED) is 0.762. The normalized spacial score (nSPS) is 18.7. The maximum absolute atomic E-state index is 5.58. The standard InChI is InChI=1S/C14H23N3O2/c1-3-6-15-8-12-9-16-14(17-11(12)2)19-10-13-5-4-7-18-13/h9,13,15H,3-8,10H2,1-2H3. The SMILES string of the molecule is CCCNCc1cnc(OCC2CCCO2)nc1C. The Hall–Kier alpha value is -1.20. The van der Waals surface area contributed by atoms with Crippen LogP contribution in [0.25, 0.3) is 0 Å². The number of aromatic nitrogens is 2. The highest BCUT2D eigenvalue weighted by molar-refractivity contribution is 5.17. The van der Waals surface area contributed by atoms with E-state index in [1.807, 2.05) is 13.1 Å². The Morgan fingerprint density at radius 3 is 3.11 bits per heavy atom. The zero-order valence-electron chi connectivity index (χ0n) is 11.8. The number of hydrogen-bond acceptors (Lipinski definition) is 5. The molecule has 1 aromatic heterocycles. The average molecular weight is 265 g/mol. The second-order valence-electron chi connectivity index (χ2n) is 4.89. The smallest absolute Gasteiger partial charge is 0.316 e. The van der Waals surface area contributed by atoms with Crippen molar-refractivity contribution in [1.82, 2.24) is 15.3 Å². The monoisotopic (exact) mass is 265 g/mol. The molecule has 5 nitrogen and oxygen atoms in total. The summed E-state index contributed by atoms with van der Waals surface area (Å²) in [5.41, 5.74) is 2.10. The van der Waals surface area contributed by atoms with E-state index in [0.29, 0.717) is 12.6 Å². The molecule has 0 radical (unpaired) electrons. The van der Waals surface area contributed by atoms with E-state index in [9.17, 15) is 0 Å². The molecular weight excluding hydrogens is 242 g/mol. The highest BCUT2D eigenvalue weighted by atomic mass is 16.5. The van der Waals surface area contributed by atoms with Crippen LogP contribution in [0.4, 0.5) is 0 Å². The van der Waals surface area contributed by atoms with E-state index < -0.39 is 0 Å². The van der Waals surface area contributed by atoms with Gasteiger partial charge in [0.2, 0.25) is 0 Å². The van der Waals surface area contributed by atoms with Crippen LogP contribution in [-0.4, -0.2) is 35.8 Å². The fourth-order valence-electron chi connectivity index (χ4n) is 2.06. The molecule has 0 aliphatic carbocycles. The van der Waals surface area contributed by atoms with Gasteiger partial charge in [0.05, 0.1) is 6.10 Å². The molecule has 1 aliphatic rings. The lowest BCUT2D eigenvalue weighted by atomic mass is 10.2. The minimum atomic E-state index is 0.204. The van der Waals surface area contributed by atoms with E-state index in [4.69, 9.17) is 9.47 Å². The number of rotatable bonds is 7. The molecule has 19 heavy (non-hydrogen) atoms. The summed E-state index contributed by atoms with van der Waals surface area (Å²) in [7, 11) is 0. The van der Waals surface area contributed by atoms with Crippen molar-refractivity contribution in [2.75, 3.05) is 19.8 Å². The summed E-state index contributed by atoms with van der Waals surface area (Å²) in [5.74, 6) is 0. The molecule has 5 heteroatoms. The topological polar surface area (TPSA) is 56.3 Å². The Labute approximate surface area is 114 Å². The zero-order valence-corrected chi connectivity index (χ0v) is 11.8. The third kappa shape index (κ3) is 4.44. The molecule has 2 heterocycles. The van der Waals surface area contributed by atoms with Crippen molar-refractivity contribution in [2.24, 2.45) is 0 Å². The second-order valence-corrected chi connectivity index (χ2v) is 4.89. The van der Waals surface area contributed by atoms with Crippen LogP contribution in [0.5, 0.6) is 6.01 Å². The van der Waals surface area contributed by atoms with E-state index in [-0.39, 0.29) is 6.10 Å². The Bertz CT molecular complexity index is 392. The van der Waals surface area contributed by atoms with Crippen molar-refractivity contribution < 1.29 is 9.47 Å². The van der Waals surface area contributed by atoms with Gasteiger partial charge in [-0.15, -0.1) is 0 Å². The summed E-state index contributed by atoms with van der Waals surface area (Å²) < 4.78 is 11.1. The highest BCUT2D eigenvalue weighted by Gasteiger charge is 2.16. The molecule has 0 amide bonds. The van der Waals surface area contributed by atoms with Crippen LogP contribution in [0.1, 0.15) is 37.4 Å². The van der Waals surface area contributed by atoms with Gasteiger partial charge in [-0.2, -0.15) is 0 Å². The Morgan fingerprint density at radius 2 is 2.42 bits per heavy atom. The van der Waals surface area contributed by atoms with E-state index >= 15 is 0 Å². The summed E-state index contributed by atoms with van der Waals surface area (Å²) in [4.78, 5) is 8.63. The zero-order chi connectivity index (χ0) is 13.5. The van der Waals surface area contributed by atoms with Crippen LogP contribution >= 0.6 is 0 Å². The molecule has 1 saturated heterocycles. The van der Waals surface area contributed by atoms with Crippen LogP contribution in [0.15, 0.2) is 6.20 Å². The molecule has 1 aromatic rings. The maximum Gasteiger partial charge on any atom is 0.316 e. The first-order valence-corrected chi connectivity index (χ1v) is 7.07. The second kappa shape index (κ2) is 7.40. The number of ether oxygens (including phenoxy) is 2. The summed E-state index contributed by atoms with van der Waals surface area (Å²) >= 11 is 0. The molecule has 1 aliphatic heterocycles. The van der Waals surface area contributed by atoms with Gasteiger partial charge in [0.1, 0.15) is 6.61 Å². The lowest BCUT2D eigenvalue weighted by Crippen LogP contribution is -2.18. The van der Waals surface area contributed by atoms with Gasteiger partial charge in [-0.05, 0) is 32.7 Å². The van der Waals surface area contributed by atoms with Gasteiger partial charge in [0.25, 0.3) is 0 Å². The molecule has 1 atom stereocenters. The molecule has 0 aromatic carbocycles. The van der Waals surface area contributed by atoms with E-state index in [1.54, 1.807) is 0 Å². The number of hydrogen-bond donors (Lipinski definition) is 1. The van der Waals surface area contributed by atoms with Gasteiger partial charge in [-0.1, -0.05) is 6.92 Å². The van der Waals surface area contributed by atoms with Crippen molar-refractivity contribution in [3.05, 3.63) is 17.5 Å². The van der Waals surface area contributed by atoms with Crippen LogP contribution in [0.3, 0.4) is 0 Å². The van der Waals surface area contributed by atoms with Crippen molar-refractivity contribution >= 4 is 0 Å². The molecule has 1 fully saturated rings. The highest BCUT2D eigenvalue weighted by Crippen LogP contribution is 2.14. The summed E-state index contributed by atoms with van der Waals surface area (Å²) in [5, 5.41) is 3.35. The van der Waals surface area contributed by atoms with Crippen LogP contribution in [0, 0.1) is 6.92 Å². The van der Waals surface area contributed by atoms with Crippen molar-refractivity contribution in [3.63, 3.8) is 0 Å². The number of nitrogens with zero attached hydrogens (tertiary/aromatic N) is 2. The largest absolute Gasteiger partial charge is 0.461 e. The minimum Gasteiger partial charge on any atom is -0.461 e. The van der Waals surface area contributed by atoms with Gasteiger partial charge >= 0.3 is 6.01 Å². The van der Waals surface area contributed by atoms with Crippen LogP contribution in [0.2, 0.25) is 0 Å². The van der Waals surface area contributed by atoms with Gasteiger partial charge < -0.3 is 14.8 Å². The molecular formula is C14H23N3O2. The minimum absolute atomic E-state index is 0.204. The number of aryl methyl sites for hydroxylation is 1. The first-order valence-electron chi connectivity index (χ1n) is 7.07. The Morgan fingerprint density at radius 1 is 1.53 bits per heavy atom. The average Bonchev–Trinajstić information content (AvgIpc) is 2.92. The Kier molecular flexibility index (Phi) is 5.54. The lowest BCUT2D eigenvalue weighted by molar-refractivity contribution is 0.0644. The van der Waals surface area contributed by atoms with Gasteiger partial charge in [0, 0.05) is 30.6 Å². The lowest BCUT2D eigenvalue weighted by Gasteiger charge is -2.11. The molecule has 1 unspecified atom stereocenters. The maximum atomic E-state index is 5.58. The van der Waals surface area contributed by atoms with Crippen molar-refractivity contribution in [2.45, 2.75) is 45.8 Å². The predicted octanol–water partition coefficient (Wildman–Crippen LogP) is 1.84. The number of nitrogens with one attached hydrogen (secondary N) is 1. The van der Waals surface area contributed by atoms with Crippen LogP contribution < -0.4 is 10.1 Å². The molecule has 106 valence electrons. The molecule has 2 rings (SSSR count). The van der Waals surface area contributed by atoms with Gasteiger partial charge in [-0.3, -0.25) is 0 Å². The fraction of sp³-hybridized carbons (Fsp3) is 0.714. The summed E-state index contributed by atoms with van der Waals surface area (Å²) in [6.45, 7) is 7.35. The molecule has 1 N–H and O–H groups in total. The first kappa shape index (κ1) is 14.2. The Balaban J connectivity index is 1.83. The molecule has 0 spiro atoms. The van der Waals surface area contributed by atoms with Crippen LogP contribution in [-0.2, 0) is 11.3 Å². The molecule has 0 saturated carbocycles. The fourth-order valence-corrected chi connectivity index (χ4v) is 2.06.